The van der Waals surface area contributed by atoms with Crippen LogP contribution in [0.15, 0.2) is 89.5 Å². The first-order valence-corrected chi connectivity index (χ1v) is 12.9. The predicted molar refractivity (Wildman–Crippen MR) is 147 cm³/mol. The zero-order chi connectivity index (χ0) is 27.1. The van der Waals surface area contributed by atoms with E-state index < -0.39 is 11.7 Å². The van der Waals surface area contributed by atoms with E-state index in [1.165, 1.54) is 4.68 Å². The molecule has 0 radical (unpaired) electrons. The Morgan fingerprint density at radius 1 is 1.00 bits per heavy atom. The van der Waals surface area contributed by atoms with Crippen LogP contribution in [0.4, 0.5) is 5.69 Å². The molecule has 0 amide bonds. The van der Waals surface area contributed by atoms with Crippen molar-refractivity contribution >= 4 is 33.0 Å². The topological polar surface area (TPSA) is 118 Å². The molecule has 0 saturated carbocycles. The number of nitrogen functional groups attached to an aromatic ring is 1. The second kappa shape index (κ2) is 9.70. The lowest BCUT2D eigenvalue weighted by Crippen LogP contribution is -2.39. The van der Waals surface area contributed by atoms with Crippen LogP contribution in [0.1, 0.15) is 20.9 Å². The third kappa shape index (κ3) is 4.28. The Hall–Kier alpha value is -5.02. The van der Waals surface area contributed by atoms with Gasteiger partial charge in [-0.25, -0.2) is 4.98 Å². The Balaban J connectivity index is 1.54. The molecule has 39 heavy (non-hydrogen) atoms. The van der Waals surface area contributed by atoms with Gasteiger partial charge in [-0.1, -0.05) is 48.0 Å². The number of ketones is 1. The average molecular weight is 535 g/mol. The Kier molecular flexibility index (Phi) is 6.05. The molecule has 0 aliphatic carbocycles. The quantitative estimate of drug-likeness (QED) is 0.233. The lowest BCUT2D eigenvalue weighted by molar-refractivity contribution is -0.672. The number of anilines is 1. The maximum atomic E-state index is 13.8. The molecule has 2 N–H and O–H groups in total. The van der Waals surface area contributed by atoms with Crippen molar-refractivity contribution < 1.29 is 23.8 Å². The summed E-state index contributed by atoms with van der Waals surface area (Å²) in [5, 5.41) is 17.1. The van der Waals surface area contributed by atoms with E-state index in [4.69, 9.17) is 20.0 Å². The average Bonchev–Trinajstić information content (AvgIpc) is 3.52. The van der Waals surface area contributed by atoms with Gasteiger partial charge in [-0.3, -0.25) is 4.79 Å². The van der Waals surface area contributed by atoms with E-state index >= 15 is 0 Å². The van der Waals surface area contributed by atoms with Gasteiger partial charge < -0.3 is 20.1 Å². The molecule has 6 rings (SSSR count). The van der Waals surface area contributed by atoms with E-state index in [-0.39, 0.29) is 16.3 Å². The minimum absolute atomic E-state index is 0.197. The van der Waals surface area contributed by atoms with Crippen molar-refractivity contribution in [3.63, 3.8) is 0 Å². The molecule has 0 aliphatic heterocycles. The highest BCUT2D eigenvalue weighted by molar-refractivity contribution is 7.21. The van der Waals surface area contributed by atoms with Crippen LogP contribution in [0.2, 0.25) is 0 Å². The summed E-state index contributed by atoms with van der Waals surface area (Å²) >= 11 is 1.14. The molecule has 192 valence electrons. The number of aromatic nitrogens is 3. The monoisotopic (exact) mass is 534 g/mol. The Morgan fingerprint density at radius 2 is 1.72 bits per heavy atom. The molecule has 6 aromatic rings. The fourth-order valence-electron chi connectivity index (χ4n) is 4.45. The van der Waals surface area contributed by atoms with Crippen LogP contribution in [0, 0.1) is 6.92 Å². The van der Waals surface area contributed by atoms with Crippen LogP contribution in [0.3, 0.4) is 0 Å². The van der Waals surface area contributed by atoms with Crippen molar-refractivity contribution in [1.29, 1.82) is 0 Å². The number of nitrogens with zero attached hydrogens (tertiary/aromatic N) is 3. The molecule has 9 heteroatoms. The van der Waals surface area contributed by atoms with Crippen LogP contribution in [-0.2, 0) is 0 Å². The summed E-state index contributed by atoms with van der Waals surface area (Å²) < 4.78 is 11.4. The van der Waals surface area contributed by atoms with Crippen molar-refractivity contribution in [2.75, 3.05) is 12.8 Å². The van der Waals surface area contributed by atoms with Crippen LogP contribution in [0.5, 0.6) is 11.7 Å². The summed E-state index contributed by atoms with van der Waals surface area (Å²) in [4.78, 5) is 19.5. The SMILES string of the molecule is COc1ccc(-c2cc(-c3ccccc3)c3c(N)c(C(=O)c4c([O-])on[n+]4-c4ccc(C)cc4)sc3n2)cc1. The number of ether oxygens (including phenoxy) is 1. The van der Waals surface area contributed by atoms with Gasteiger partial charge in [-0.05, 0) is 53.1 Å². The number of carbonyl (C=O) groups is 1. The van der Waals surface area contributed by atoms with E-state index in [9.17, 15) is 9.90 Å². The Bertz CT molecular complexity index is 1830. The first-order chi connectivity index (χ1) is 18.9. The lowest BCUT2D eigenvalue weighted by Gasteiger charge is -2.09. The van der Waals surface area contributed by atoms with Crippen LogP contribution < -0.4 is 20.3 Å². The fraction of sp³-hybridized carbons (Fsp3) is 0.0667. The number of aryl methyl sites for hydroxylation is 1. The number of methoxy groups -OCH3 is 1. The van der Waals surface area contributed by atoms with Gasteiger partial charge in [0.25, 0.3) is 5.78 Å². The molecule has 3 heterocycles. The number of fused-ring (bicyclic) bond motifs is 1. The van der Waals surface area contributed by atoms with Crippen molar-refractivity contribution in [2.45, 2.75) is 6.92 Å². The Morgan fingerprint density at radius 3 is 2.41 bits per heavy atom. The molecule has 8 nitrogen and oxygen atoms in total. The Labute approximate surface area is 227 Å². The zero-order valence-corrected chi connectivity index (χ0v) is 21.9. The molecule has 0 saturated heterocycles. The largest absolute Gasteiger partial charge is 0.539 e. The van der Waals surface area contributed by atoms with Gasteiger partial charge in [0.1, 0.15) is 15.5 Å². The van der Waals surface area contributed by atoms with Crippen LogP contribution >= 0.6 is 11.3 Å². The van der Waals surface area contributed by atoms with Gasteiger partial charge in [0.2, 0.25) is 5.69 Å². The highest BCUT2D eigenvalue weighted by Gasteiger charge is 2.32. The number of thiophene rings is 1. The van der Waals surface area contributed by atoms with E-state index in [1.54, 1.807) is 19.2 Å². The molecule has 3 aromatic carbocycles. The highest BCUT2D eigenvalue weighted by Crippen LogP contribution is 2.42. The third-order valence-electron chi connectivity index (χ3n) is 6.48. The van der Waals surface area contributed by atoms with Gasteiger partial charge in [0.15, 0.2) is 5.95 Å². The molecule has 0 aliphatic rings. The molecule has 0 unspecified atom stereocenters. The molecule has 0 fully saturated rings. The van der Waals surface area contributed by atoms with Gasteiger partial charge in [-0.15, -0.1) is 11.3 Å². The lowest BCUT2D eigenvalue weighted by atomic mass is 9.99. The summed E-state index contributed by atoms with van der Waals surface area (Å²) in [5.74, 6) is -0.680. The summed E-state index contributed by atoms with van der Waals surface area (Å²) in [5.41, 5.74) is 11.6. The molecule has 0 atom stereocenters. The van der Waals surface area contributed by atoms with E-state index in [0.717, 1.165) is 39.3 Å². The predicted octanol–water partition coefficient (Wildman–Crippen LogP) is 5.10. The summed E-state index contributed by atoms with van der Waals surface area (Å²) in [6.45, 7) is 1.94. The number of hydrogen-bond acceptors (Lipinski definition) is 8. The summed E-state index contributed by atoms with van der Waals surface area (Å²) in [6, 6.07) is 26.6. The standard InChI is InChI=1S/C30H22N4O4S/c1-17-8-12-20(13-9-17)34-26(30(36)38-33-34)27(35)28-25(31)24-22(18-6-4-3-5-7-18)16-23(32-29(24)39-28)19-10-14-21(37-2)15-11-19/h3-16H,1-2H3,(H2-,31,33,35,36). The van der Waals surface area contributed by atoms with Crippen LogP contribution in [-0.4, -0.2) is 23.1 Å². The number of pyridine rings is 1. The fourth-order valence-corrected chi connectivity index (χ4v) is 5.51. The van der Waals surface area contributed by atoms with Gasteiger partial charge in [0.05, 0.1) is 23.8 Å². The zero-order valence-electron chi connectivity index (χ0n) is 21.0. The minimum atomic E-state index is -0.840. The highest BCUT2D eigenvalue weighted by atomic mass is 32.1. The maximum absolute atomic E-state index is 13.8. The molecule has 3 aromatic heterocycles. The van der Waals surface area contributed by atoms with E-state index in [1.807, 2.05) is 79.7 Å². The normalized spacial score (nSPS) is 11.1. The molecule has 0 spiro atoms. The van der Waals surface area contributed by atoms with Crippen molar-refractivity contribution in [2.24, 2.45) is 0 Å². The summed E-state index contributed by atoms with van der Waals surface area (Å²) in [7, 11) is 1.62. The number of carbonyl (C=O) groups excluding carboxylic acids is 1. The van der Waals surface area contributed by atoms with Crippen molar-refractivity contribution in [3.8, 4) is 39.8 Å². The number of rotatable bonds is 6. The van der Waals surface area contributed by atoms with Crippen LogP contribution in [0.25, 0.3) is 38.3 Å². The second-order valence-electron chi connectivity index (χ2n) is 8.96. The molecular weight excluding hydrogens is 512 g/mol. The second-order valence-corrected chi connectivity index (χ2v) is 9.96. The first-order valence-electron chi connectivity index (χ1n) is 12.1. The minimum Gasteiger partial charge on any atom is -0.539 e. The van der Waals surface area contributed by atoms with Gasteiger partial charge in [-0.2, -0.15) is 0 Å². The van der Waals surface area contributed by atoms with E-state index in [0.29, 0.717) is 21.6 Å². The van der Waals surface area contributed by atoms with Gasteiger partial charge >= 0.3 is 5.69 Å². The maximum Gasteiger partial charge on any atom is 0.312 e. The third-order valence-corrected chi connectivity index (χ3v) is 7.58. The van der Waals surface area contributed by atoms with Crippen molar-refractivity contribution in [3.05, 3.63) is 101 Å². The van der Waals surface area contributed by atoms with E-state index in [2.05, 4.69) is 5.27 Å². The number of benzene rings is 3. The molecular formula is C30H22N4O4S. The smallest absolute Gasteiger partial charge is 0.312 e. The summed E-state index contributed by atoms with van der Waals surface area (Å²) in [6.07, 6.45) is 0. The first kappa shape index (κ1) is 24.3. The van der Waals surface area contributed by atoms with Crippen molar-refractivity contribution in [1.82, 2.24) is 10.3 Å². The number of hydrogen-bond donors (Lipinski definition) is 1. The number of nitrogens with two attached hydrogens (primary N) is 1. The molecule has 0 bridgehead atoms. The van der Waals surface area contributed by atoms with Gasteiger partial charge in [0, 0.05) is 23.1 Å².